The molecule has 0 spiro atoms. The summed E-state index contributed by atoms with van der Waals surface area (Å²) in [6.45, 7) is 0.643. The maximum atomic E-state index is 9.58. The molecule has 0 atom stereocenters. The summed E-state index contributed by atoms with van der Waals surface area (Å²) >= 11 is 0. The van der Waals surface area contributed by atoms with Gasteiger partial charge < -0.3 is 15.2 Å². The Morgan fingerprint density at radius 1 is 1.32 bits per heavy atom. The van der Waals surface area contributed by atoms with Gasteiger partial charge in [0.2, 0.25) is 11.3 Å². The Bertz CT molecular complexity index is 788. The number of benzene rings is 1. The molecule has 110 valence electrons. The van der Waals surface area contributed by atoms with Gasteiger partial charge >= 0.3 is 12.0 Å². The molecule has 0 radical (unpaired) electrons. The van der Waals surface area contributed by atoms with Crippen molar-refractivity contribution in [2.75, 3.05) is 19.0 Å². The molecule has 22 heavy (non-hydrogen) atoms. The van der Waals surface area contributed by atoms with Crippen LogP contribution in [0.15, 0.2) is 30.6 Å². The molecule has 3 rings (SSSR count). The van der Waals surface area contributed by atoms with E-state index in [2.05, 4.69) is 31.6 Å². The topological polar surface area (TPSA) is 94.3 Å². The standard InChI is InChI=1S/C15H13N5O2/c1-22-12-8-10(2-3-11(12)21)4-5-17-14-13-15(20-9-19-14)18-7-6-16-13/h2-3,6-8,21H,4-5H2,1H3/p+1. The first-order valence-corrected chi connectivity index (χ1v) is 6.72. The van der Waals surface area contributed by atoms with E-state index in [1.54, 1.807) is 24.5 Å². The number of aromatic nitrogens is 4. The zero-order valence-electron chi connectivity index (χ0n) is 11.9. The molecule has 7 heteroatoms. The van der Waals surface area contributed by atoms with Crippen LogP contribution in [0.4, 0.5) is 5.82 Å². The summed E-state index contributed by atoms with van der Waals surface area (Å²) < 4.78 is 5.09. The number of anilines is 1. The lowest BCUT2D eigenvalue weighted by molar-refractivity contribution is -0.265. The molecular weight excluding hydrogens is 282 g/mol. The van der Waals surface area contributed by atoms with Gasteiger partial charge in [-0.2, -0.15) is 4.98 Å². The van der Waals surface area contributed by atoms with Crippen LogP contribution in [0.5, 0.6) is 11.5 Å². The number of methoxy groups -OCH3 is 1. The number of ether oxygens (including phenoxy) is 1. The minimum absolute atomic E-state index is 0.130. The van der Waals surface area contributed by atoms with E-state index in [-0.39, 0.29) is 5.75 Å². The van der Waals surface area contributed by atoms with Crippen molar-refractivity contribution in [3.8, 4) is 11.5 Å². The molecular formula is C15H14N5O2+. The summed E-state index contributed by atoms with van der Waals surface area (Å²) in [5.41, 5.74) is 2.16. The lowest BCUT2D eigenvalue weighted by Gasteiger charge is -2.07. The average Bonchev–Trinajstić information content (AvgIpc) is 2.56. The summed E-state index contributed by atoms with van der Waals surface area (Å²) in [6, 6.07) is 5.28. The normalized spacial score (nSPS) is 10.2. The van der Waals surface area contributed by atoms with Crippen molar-refractivity contribution >= 4 is 17.0 Å². The second-order valence-corrected chi connectivity index (χ2v) is 4.58. The van der Waals surface area contributed by atoms with E-state index >= 15 is 0 Å². The van der Waals surface area contributed by atoms with Gasteiger partial charge in [-0.15, -0.1) is 0 Å². The molecule has 2 N–H and O–H groups in total. The Morgan fingerprint density at radius 2 is 2.18 bits per heavy atom. The lowest BCUT2D eigenvalue weighted by Crippen LogP contribution is -2.09. The second kappa shape index (κ2) is 6.10. The summed E-state index contributed by atoms with van der Waals surface area (Å²) in [5.74, 6) is 1.19. The van der Waals surface area contributed by atoms with Crippen LogP contribution >= 0.6 is 0 Å². The SMILES string of the molecule is COc1cc(CCNc2nc#[n+]c3nccnc23)ccc1O. The van der Waals surface area contributed by atoms with Crippen LogP contribution in [0, 0.1) is 6.33 Å². The summed E-state index contributed by atoms with van der Waals surface area (Å²) in [7, 11) is 1.53. The van der Waals surface area contributed by atoms with Gasteiger partial charge in [-0.25, -0.2) is 4.98 Å². The van der Waals surface area contributed by atoms with Crippen LogP contribution in [0.3, 0.4) is 0 Å². The zero-order chi connectivity index (χ0) is 15.4. The van der Waals surface area contributed by atoms with E-state index in [1.165, 1.54) is 7.11 Å². The molecule has 0 aliphatic carbocycles. The highest BCUT2D eigenvalue weighted by Crippen LogP contribution is 2.26. The van der Waals surface area contributed by atoms with E-state index < -0.39 is 0 Å². The van der Waals surface area contributed by atoms with Crippen LogP contribution in [-0.4, -0.2) is 33.7 Å². The van der Waals surface area contributed by atoms with Gasteiger partial charge in [0.05, 0.1) is 13.3 Å². The minimum Gasteiger partial charge on any atom is -0.504 e. The molecule has 0 unspecified atom stereocenters. The molecule has 0 saturated heterocycles. The second-order valence-electron chi connectivity index (χ2n) is 4.58. The third-order valence-corrected chi connectivity index (χ3v) is 3.17. The van der Waals surface area contributed by atoms with E-state index in [0.717, 1.165) is 12.0 Å². The maximum absolute atomic E-state index is 9.58. The number of rotatable bonds is 5. The van der Waals surface area contributed by atoms with Crippen molar-refractivity contribution in [2.24, 2.45) is 0 Å². The number of hydrogen-bond donors (Lipinski definition) is 2. The molecule has 3 aromatic rings. The third kappa shape index (κ3) is 2.81. The van der Waals surface area contributed by atoms with Crippen LogP contribution in [-0.2, 0) is 6.42 Å². The molecule has 0 saturated carbocycles. The summed E-state index contributed by atoms with van der Waals surface area (Å²) in [6.07, 6.45) is 6.48. The molecule has 0 aliphatic rings. The quantitative estimate of drug-likeness (QED) is 0.719. The summed E-state index contributed by atoms with van der Waals surface area (Å²) in [4.78, 5) is 16.4. The van der Waals surface area contributed by atoms with E-state index in [4.69, 9.17) is 4.74 Å². The largest absolute Gasteiger partial charge is 0.504 e. The van der Waals surface area contributed by atoms with Crippen molar-refractivity contribution in [2.45, 2.75) is 6.42 Å². The van der Waals surface area contributed by atoms with Crippen LogP contribution in [0.2, 0.25) is 0 Å². The first kappa shape index (κ1) is 13.8. The molecule has 0 bridgehead atoms. The fraction of sp³-hybridized carbons (Fsp3) is 0.200. The Balaban J connectivity index is 1.70. The van der Waals surface area contributed by atoms with Crippen molar-refractivity contribution < 1.29 is 14.8 Å². The Labute approximate surface area is 127 Å². The molecule has 0 aliphatic heterocycles. The van der Waals surface area contributed by atoms with Crippen molar-refractivity contribution in [3.05, 3.63) is 42.5 Å². The smallest absolute Gasteiger partial charge is 0.391 e. The highest BCUT2D eigenvalue weighted by Gasteiger charge is 2.12. The maximum Gasteiger partial charge on any atom is 0.391 e. The van der Waals surface area contributed by atoms with Gasteiger partial charge in [0, 0.05) is 6.54 Å². The van der Waals surface area contributed by atoms with E-state index in [9.17, 15) is 5.11 Å². The Hall–Kier alpha value is -3.14. The van der Waals surface area contributed by atoms with Gasteiger partial charge in [0.25, 0.3) is 0 Å². The number of hydrogen-bond acceptors (Lipinski definition) is 6. The number of phenols is 1. The molecule has 7 nitrogen and oxygen atoms in total. The number of phenolic OH excluding ortho intramolecular Hbond substituents is 1. The van der Waals surface area contributed by atoms with Gasteiger partial charge in [0.15, 0.2) is 11.5 Å². The fourth-order valence-corrected chi connectivity index (χ4v) is 2.08. The molecule has 0 fully saturated rings. The van der Waals surface area contributed by atoms with Crippen LogP contribution in [0.25, 0.3) is 11.2 Å². The predicted octanol–water partition coefficient (Wildman–Crippen LogP) is 0.794. The first-order valence-electron chi connectivity index (χ1n) is 6.72. The van der Waals surface area contributed by atoms with Crippen LogP contribution < -0.4 is 15.0 Å². The third-order valence-electron chi connectivity index (χ3n) is 3.17. The fourth-order valence-electron chi connectivity index (χ4n) is 2.08. The number of nitrogens with one attached hydrogen (secondary N) is 1. The van der Waals surface area contributed by atoms with E-state index in [0.29, 0.717) is 29.3 Å². The summed E-state index contributed by atoms with van der Waals surface area (Å²) in [5, 5.41) is 12.8. The Morgan fingerprint density at radius 3 is 3.05 bits per heavy atom. The predicted molar refractivity (Wildman–Crippen MR) is 78.6 cm³/mol. The molecule has 0 amide bonds. The lowest BCUT2D eigenvalue weighted by atomic mass is 10.1. The number of aromatic hydroxyl groups is 1. The average molecular weight is 296 g/mol. The zero-order valence-corrected chi connectivity index (χ0v) is 11.9. The number of nitrogens with zero attached hydrogens (tertiary/aromatic N) is 4. The first-order chi connectivity index (χ1) is 10.8. The van der Waals surface area contributed by atoms with Gasteiger partial charge in [-0.1, -0.05) is 11.1 Å². The van der Waals surface area contributed by atoms with Crippen LogP contribution in [0.1, 0.15) is 5.56 Å². The van der Waals surface area contributed by atoms with Gasteiger partial charge in [-0.05, 0) is 29.1 Å². The highest BCUT2D eigenvalue weighted by molar-refractivity contribution is 5.78. The van der Waals surface area contributed by atoms with Crippen molar-refractivity contribution in [1.29, 1.82) is 0 Å². The Kier molecular flexibility index (Phi) is 3.83. The number of fused-ring (bicyclic) bond motifs is 1. The highest BCUT2D eigenvalue weighted by atomic mass is 16.5. The van der Waals surface area contributed by atoms with Crippen molar-refractivity contribution in [3.63, 3.8) is 0 Å². The molecule has 2 aromatic heterocycles. The van der Waals surface area contributed by atoms with E-state index in [1.807, 2.05) is 6.07 Å². The monoisotopic (exact) mass is 296 g/mol. The van der Waals surface area contributed by atoms with Gasteiger partial charge in [0.1, 0.15) is 6.20 Å². The minimum atomic E-state index is 0.130. The van der Waals surface area contributed by atoms with Gasteiger partial charge in [-0.3, -0.25) is 0 Å². The van der Waals surface area contributed by atoms with Crippen molar-refractivity contribution in [1.82, 2.24) is 15.0 Å². The molecule has 1 aromatic carbocycles. The molecule has 2 heterocycles.